The van der Waals surface area contributed by atoms with Crippen molar-refractivity contribution in [3.63, 3.8) is 0 Å². The van der Waals surface area contributed by atoms with Gasteiger partial charge in [0.05, 0.1) is 12.3 Å². The summed E-state index contributed by atoms with van der Waals surface area (Å²) in [5, 5.41) is 11.7. The Labute approximate surface area is 78.5 Å². The number of hydrogen-bond donors (Lipinski definition) is 1. The lowest BCUT2D eigenvalue weighted by Crippen LogP contribution is -2.06. The topological polar surface area (TPSA) is 38.0 Å². The van der Waals surface area contributed by atoms with E-state index in [1.165, 1.54) is 19.2 Å². The molecule has 0 atom stereocenters. The van der Waals surface area contributed by atoms with Gasteiger partial charge in [-0.05, 0) is 12.1 Å². The first-order chi connectivity index (χ1) is 6.45. The lowest BCUT2D eigenvalue weighted by molar-refractivity contribution is -0.141. The van der Waals surface area contributed by atoms with Crippen LogP contribution in [0.3, 0.4) is 0 Å². The van der Waals surface area contributed by atoms with Crippen LogP contribution >= 0.6 is 0 Å². The van der Waals surface area contributed by atoms with Crippen LogP contribution in [0, 0.1) is 0 Å². The third kappa shape index (κ3) is 2.35. The second kappa shape index (κ2) is 3.83. The minimum Gasteiger partial charge on any atom is -0.392 e. The summed E-state index contributed by atoms with van der Waals surface area (Å²) in [6.45, 7) is -0.216. The molecule has 0 radical (unpaired) electrons. The number of aryl methyl sites for hydroxylation is 1. The minimum atomic E-state index is -4.43. The van der Waals surface area contributed by atoms with Gasteiger partial charge in [0.1, 0.15) is 0 Å². The highest BCUT2D eigenvalue weighted by molar-refractivity contribution is 5.45. The zero-order chi connectivity index (χ0) is 10.8. The maximum atomic E-state index is 12.2. The van der Waals surface area contributed by atoms with E-state index in [1.807, 2.05) is 0 Å². The molecule has 0 bridgehead atoms. The quantitative estimate of drug-likeness (QED) is 0.795. The summed E-state index contributed by atoms with van der Waals surface area (Å²) >= 11 is 0. The fourth-order valence-corrected chi connectivity index (χ4v) is 0.950. The summed E-state index contributed by atoms with van der Waals surface area (Å²) in [6, 6.07) is 0.923. The lowest BCUT2D eigenvalue weighted by atomic mass is 10.3. The molecule has 0 spiro atoms. The molecule has 1 rings (SSSR count). The molecule has 6 heteroatoms. The van der Waals surface area contributed by atoms with Crippen molar-refractivity contribution >= 4 is 6.08 Å². The van der Waals surface area contributed by atoms with Crippen LogP contribution in [-0.2, 0) is 13.2 Å². The Hall–Kier alpha value is -1.30. The van der Waals surface area contributed by atoms with Gasteiger partial charge in [0, 0.05) is 7.05 Å². The number of aromatic nitrogens is 2. The first-order valence-corrected chi connectivity index (χ1v) is 3.84. The van der Waals surface area contributed by atoms with Crippen molar-refractivity contribution in [2.75, 3.05) is 6.61 Å². The van der Waals surface area contributed by atoms with Gasteiger partial charge in [-0.2, -0.15) is 18.3 Å². The van der Waals surface area contributed by atoms with Gasteiger partial charge in [0.2, 0.25) is 0 Å². The Morgan fingerprint density at radius 3 is 2.64 bits per heavy atom. The van der Waals surface area contributed by atoms with Crippen LogP contribution in [0.25, 0.3) is 6.08 Å². The predicted molar refractivity (Wildman–Crippen MR) is 44.3 cm³/mol. The van der Waals surface area contributed by atoms with Crippen LogP contribution in [-0.4, -0.2) is 21.5 Å². The molecule has 0 saturated heterocycles. The van der Waals surface area contributed by atoms with E-state index >= 15 is 0 Å². The van der Waals surface area contributed by atoms with Crippen LogP contribution in [0.15, 0.2) is 12.1 Å². The highest BCUT2D eigenvalue weighted by Gasteiger charge is 2.34. The molecule has 1 heterocycles. The highest BCUT2D eigenvalue weighted by Crippen LogP contribution is 2.28. The minimum absolute atomic E-state index is 0.216. The Morgan fingerprint density at radius 2 is 2.21 bits per heavy atom. The standard InChI is InChI=1S/C8H9F3N2O/c1-13-6(3-2-4-14)5-7(12-13)8(9,10)11/h2-3,5,14H,4H2,1H3/b3-2+. The van der Waals surface area contributed by atoms with Gasteiger partial charge in [-0.3, -0.25) is 4.68 Å². The summed E-state index contributed by atoms with van der Waals surface area (Å²) < 4.78 is 37.6. The summed E-state index contributed by atoms with van der Waals surface area (Å²) in [6.07, 6.45) is -1.71. The fourth-order valence-electron chi connectivity index (χ4n) is 0.950. The van der Waals surface area contributed by atoms with Crippen molar-refractivity contribution in [2.45, 2.75) is 6.18 Å². The number of aliphatic hydroxyl groups is 1. The SMILES string of the molecule is Cn1nc(C(F)(F)F)cc1/C=C/CO. The number of alkyl halides is 3. The van der Waals surface area contributed by atoms with Crippen LogP contribution in [0.5, 0.6) is 0 Å². The molecular formula is C8H9F3N2O. The molecule has 0 aromatic carbocycles. The summed E-state index contributed by atoms with van der Waals surface area (Å²) in [5.41, 5.74) is -0.635. The van der Waals surface area contributed by atoms with Crippen LogP contribution in [0.2, 0.25) is 0 Å². The molecule has 0 aliphatic heterocycles. The number of hydrogen-bond acceptors (Lipinski definition) is 2. The van der Waals surface area contributed by atoms with Gasteiger partial charge in [-0.1, -0.05) is 6.08 Å². The number of nitrogens with zero attached hydrogens (tertiary/aromatic N) is 2. The Morgan fingerprint density at radius 1 is 1.57 bits per heavy atom. The number of aliphatic hydroxyl groups excluding tert-OH is 1. The summed E-state index contributed by atoms with van der Waals surface area (Å²) in [7, 11) is 1.41. The van der Waals surface area contributed by atoms with Crippen LogP contribution in [0.4, 0.5) is 13.2 Å². The van der Waals surface area contributed by atoms with E-state index in [1.54, 1.807) is 0 Å². The van der Waals surface area contributed by atoms with Crippen LogP contribution in [0.1, 0.15) is 11.4 Å². The lowest BCUT2D eigenvalue weighted by Gasteiger charge is -1.98. The summed E-state index contributed by atoms with van der Waals surface area (Å²) in [4.78, 5) is 0. The molecular weight excluding hydrogens is 197 g/mol. The molecule has 1 N–H and O–H groups in total. The van der Waals surface area contributed by atoms with Crippen molar-refractivity contribution in [3.05, 3.63) is 23.5 Å². The molecule has 0 aliphatic rings. The molecule has 1 aromatic heterocycles. The average Bonchev–Trinajstić information content (AvgIpc) is 2.43. The molecule has 14 heavy (non-hydrogen) atoms. The largest absolute Gasteiger partial charge is 0.435 e. The molecule has 1 aromatic rings. The van der Waals surface area contributed by atoms with E-state index in [-0.39, 0.29) is 6.61 Å². The molecule has 78 valence electrons. The van der Waals surface area contributed by atoms with Gasteiger partial charge < -0.3 is 5.11 Å². The predicted octanol–water partition coefficient (Wildman–Crippen LogP) is 1.44. The van der Waals surface area contributed by atoms with Crippen molar-refractivity contribution in [1.82, 2.24) is 9.78 Å². The van der Waals surface area contributed by atoms with Crippen molar-refractivity contribution in [3.8, 4) is 0 Å². The smallest absolute Gasteiger partial charge is 0.392 e. The molecule has 0 unspecified atom stereocenters. The third-order valence-electron chi connectivity index (χ3n) is 1.60. The van der Waals surface area contributed by atoms with E-state index in [0.717, 1.165) is 10.7 Å². The monoisotopic (exact) mass is 206 g/mol. The number of halogens is 3. The summed E-state index contributed by atoms with van der Waals surface area (Å²) in [5.74, 6) is 0. The zero-order valence-corrected chi connectivity index (χ0v) is 7.41. The first-order valence-electron chi connectivity index (χ1n) is 3.84. The van der Waals surface area contributed by atoms with Gasteiger partial charge in [-0.25, -0.2) is 0 Å². The van der Waals surface area contributed by atoms with E-state index in [4.69, 9.17) is 5.11 Å². The molecule has 0 fully saturated rings. The highest BCUT2D eigenvalue weighted by atomic mass is 19.4. The normalized spacial score (nSPS) is 12.6. The van der Waals surface area contributed by atoms with Crippen molar-refractivity contribution < 1.29 is 18.3 Å². The Bertz CT molecular complexity index is 341. The second-order valence-electron chi connectivity index (χ2n) is 2.66. The van der Waals surface area contributed by atoms with Crippen molar-refractivity contribution in [2.24, 2.45) is 7.05 Å². The maximum Gasteiger partial charge on any atom is 0.435 e. The van der Waals surface area contributed by atoms with Crippen LogP contribution < -0.4 is 0 Å². The molecule has 3 nitrogen and oxygen atoms in total. The molecule has 0 saturated carbocycles. The Kier molecular flexibility index (Phi) is 2.95. The second-order valence-corrected chi connectivity index (χ2v) is 2.66. The Balaban J connectivity index is 2.99. The van der Waals surface area contributed by atoms with Gasteiger partial charge in [0.25, 0.3) is 0 Å². The van der Waals surface area contributed by atoms with Crippen molar-refractivity contribution in [1.29, 1.82) is 0 Å². The van der Waals surface area contributed by atoms with E-state index in [2.05, 4.69) is 5.10 Å². The van der Waals surface area contributed by atoms with Gasteiger partial charge >= 0.3 is 6.18 Å². The van der Waals surface area contributed by atoms with E-state index in [9.17, 15) is 13.2 Å². The first kappa shape index (κ1) is 10.8. The average molecular weight is 206 g/mol. The van der Waals surface area contributed by atoms with E-state index in [0.29, 0.717) is 5.69 Å². The molecule has 0 amide bonds. The molecule has 0 aliphatic carbocycles. The van der Waals surface area contributed by atoms with Gasteiger partial charge in [0.15, 0.2) is 5.69 Å². The zero-order valence-electron chi connectivity index (χ0n) is 7.41. The number of rotatable bonds is 2. The van der Waals surface area contributed by atoms with Gasteiger partial charge in [-0.15, -0.1) is 0 Å². The maximum absolute atomic E-state index is 12.2. The van der Waals surface area contributed by atoms with E-state index < -0.39 is 11.9 Å². The third-order valence-corrected chi connectivity index (χ3v) is 1.60. The fraction of sp³-hybridized carbons (Fsp3) is 0.375.